The van der Waals surface area contributed by atoms with Gasteiger partial charge in [-0.3, -0.25) is 0 Å². The summed E-state index contributed by atoms with van der Waals surface area (Å²) >= 11 is 0. The van der Waals surface area contributed by atoms with Crippen LogP contribution in [0.2, 0.25) is 0 Å². The Labute approximate surface area is 132 Å². The van der Waals surface area contributed by atoms with Crippen LogP contribution in [-0.4, -0.2) is 9.97 Å². The van der Waals surface area contributed by atoms with Crippen molar-refractivity contribution in [3.63, 3.8) is 0 Å². The minimum atomic E-state index is 0.528. The van der Waals surface area contributed by atoms with Crippen molar-refractivity contribution in [1.29, 1.82) is 0 Å². The molecule has 0 radical (unpaired) electrons. The molecule has 0 bridgehead atoms. The summed E-state index contributed by atoms with van der Waals surface area (Å²) in [6.07, 6.45) is 3.15. The lowest BCUT2D eigenvalue weighted by molar-refractivity contribution is 0.302. The SMILES string of the molecule is c1cc2c(c(-c3cnco3)c1)-c1nc3ccccc3cc1CO2. The second-order valence-corrected chi connectivity index (χ2v) is 5.52. The maximum absolute atomic E-state index is 5.94. The molecule has 0 saturated carbocycles. The van der Waals surface area contributed by atoms with Crippen LogP contribution >= 0.6 is 0 Å². The van der Waals surface area contributed by atoms with Crippen LogP contribution in [0.1, 0.15) is 5.56 Å². The number of pyridine rings is 1. The van der Waals surface area contributed by atoms with Crippen molar-refractivity contribution in [1.82, 2.24) is 9.97 Å². The van der Waals surface area contributed by atoms with E-state index in [2.05, 4.69) is 17.1 Å². The van der Waals surface area contributed by atoms with Crippen LogP contribution in [0.4, 0.5) is 0 Å². The highest BCUT2D eigenvalue weighted by Crippen LogP contribution is 2.43. The Morgan fingerprint density at radius 1 is 1.00 bits per heavy atom. The topological polar surface area (TPSA) is 48.2 Å². The number of fused-ring (bicyclic) bond motifs is 4. The average molecular weight is 300 g/mol. The summed E-state index contributed by atoms with van der Waals surface area (Å²) < 4.78 is 11.4. The second-order valence-electron chi connectivity index (χ2n) is 5.52. The van der Waals surface area contributed by atoms with Crippen LogP contribution in [0.25, 0.3) is 33.5 Å². The van der Waals surface area contributed by atoms with Gasteiger partial charge in [0.15, 0.2) is 12.2 Å². The largest absolute Gasteiger partial charge is 0.488 e. The molecular weight excluding hydrogens is 288 g/mol. The molecule has 0 unspecified atom stereocenters. The van der Waals surface area contributed by atoms with Crippen LogP contribution in [0.15, 0.2) is 65.5 Å². The van der Waals surface area contributed by atoms with Gasteiger partial charge in [-0.25, -0.2) is 9.97 Å². The summed E-state index contributed by atoms with van der Waals surface area (Å²) in [5, 5.41) is 1.12. The Morgan fingerprint density at radius 3 is 2.87 bits per heavy atom. The van der Waals surface area contributed by atoms with Gasteiger partial charge in [-0.2, -0.15) is 0 Å². The number of hydrogen-bond donors (Lipinski definition) is 0. The molecule has 4 aromatic rings. The first-order chi connectivity index (χ1) is 11.4. The zero-order valence-corrected chi connectivity index (χ0v) is 12.2. The molecule has 23 heavy (non-hydrogen) atoms. The van der Waals surface area contributed by atoms with Crippen molar-refractivity contribution in [3.8, 4) is 28.3 Å². The van der Waals surface area contributed by atoms with Crippen molar-refractivity contribution in [2.24, 2.45) is 0 Å². The van der Waals surface area contributed by atoms with E-state index < -0.39 is 0 Å². The van der Waals surface area contributed by atoms with Gasteiger partial charge in [0.2, 0.25) is 0 Å². The number of para-hydroxylation sites is 1. The number of benzene rings is 2. The van der Waals surface area contributed by atoms with E-state index in [1.165, 1.54) is 6.39 Å². The van der Waals surface area contributed by atoms with Gasteiger partial charge in [0, 0.05) is 16.5 Å². The van der Waals surface area contributed by atoms with Gasteiger partial charge in [0.25, 0.3) is 0 Å². The number of aromatic nitrogens is 2. The van der Waals surface area contributed by atoms with E-state index in [4.69, 9.17) is 14.1 Å². The van der Waals surface area contributed by atoms with Crippen LogP contribution in [0.5, 0.6) is 5.75 Å². The van der Waals surface area contributed by atoms with E-state index in [9.17, 15) is 0 Å². The third-order valence-electron chi connectivity index (χ3n) is 4.15. The van der Waals surface area contributed by atoms with E-state index in [1.54, 1.807) is 6.20 Å². The molecule has 4 nitrogen and oxygen atoms in total. The zero-order valence-electron chi connectivity index (χ0n) is 12.2. The minimum absolute atomic E-state index is 0.528. The maximum atomic E-state index is 5.94. The molecule has 2 aromatic heterocycles. The molecule has 0 spiro atoms. The first-order valence-corrected chi connectivity index (χ1v) is 7.44. The fraction of sp³-hybridized carbons (Fsp3) is 0.0526. The molecule has 3 heterocycles. The van der Waals surface area contributed by atoms with E-state index in [0.29, 0.717) is 12.4 Å². The molecule has 0 aliphatic carbocycles. The Hall–Kier alpha value is -3.14. The predicted octanol–water partition coefficient (Wildman–Crippen LogP) is 4.45. The van der Waals surface area contributed by atoms with Gasteiger partial charge >= 0.3 is 0 Å². The van der Waals surface area contributed by atoms with Crippen molar-refractivity contribution in [2.45, 2.75) is 6.61 Å². The number of nitrogens with zero attached hydrogens (tertiary/aromatic N) is 2. The molecule has 0 N–H and O–H groups in total. The first-order valence-electron chi connectivity index (χ1n) is 7.44. The Bertz CT molecular complexity index is 1020. The monoisotopic (exact) mass is 300 g/mol. The summed E-state index contributed by atoms with van der Waals surface area (Å²) in [4.78, 5) is 8.91. The minimum Gasteiger partial charge on any atom is -0.488 e. The van der Waals surface area contributed by atoms with E-state index in [1.807, 2.05) is 36.4 Å². The third kappa shape index (κ3) is 1.85. The van der Waals surface area contributed by atoms with E-state index >= 15 is 0 Å². The Morgan fingerprint density at radius 2 is 1.96 bits per heavy atom. The molecule has 0 atom stereocenters. The lowest BCUT2D eigenvalue weighted by atomic mass is 9.95. The van der Waals surface area contributed by atoms with Gasteiger partial charge in [-0.1, -0.05) is 30.3 Å². The molecule has 110 valence electrons. The fourth-order valence-electron chi connectivity index (χ4n) is 3.09. The fourth-order valence-corrected chi connectivity index (χ4v) is 3.09. The normalized spacial score (nSPS) is 12.5. The molecule has 0 fully saturated rings. The molecule has 1 aliphatic rings. The smallest absolute Gasteiger partial charge is 0.181 e. The quantitative estimate of drug-likeness (QED) is 0.521. The molecule has 2 aromatic carbocycles. The van der Waals surface area contributed by atoms with Crippen LogP contribution in [0.3, 0.4) is 0 Å². The number of ether oxygens (including phenoxy) is 1. The number of hydrogen-bond acceptors (Lipinski definition) is 4. The maximum Gasteiger partial charge on any atom is 0.181 e. The van der Waals surface area contributed by atoms with Gasteiger partial charge in [-0.05, 0) is 18.2 Å². The summed E-state index contributed by atoms with van der Waals surface area (Å²) in [5.41, 5.74) is 4.94. The van der Waals surface area contributed by atoms with Crippen molar-refractivity contribution in [2.75, 3.05) is 0 Å². The number of oxazole rings is 1. The first kappa shape index (κ1) is 12.4. The number of rotatable bonds is 1. The van der Waals surface area contributed by atoms with Gasteiger partial charge in [0.1, 0.15) is 12.4 Å². The van der Waals surface area contributed by atoms with Gasteiger partial charge < -0.3 is 9.15 Å². The zero-order chi connectivity index (χ0) is 15.2. The summed E-state index contributed by atoms with van der Waals surface area (Å²) in [5.74, 6) is 1.54. The lowest BCUT2D eigenvalue weighted by Crippen LogP contribution is -2.08. The Balaban J connectivity index is 1.84. The summed E-state index contributed by atoms with van der Waals surface area (Å²) in [6, 6.07) is 16.2. The van der Waals surface area contributed by atoms with Gasteiger partial charge in [-0.15, -0.1) is 0 Å². The molecular formula is C19H12N2O2. The molecule has 0 amide bonds. The standard InChI is InChI=1S/C19H12N2O2/c1-2-6-15-12(4-1)8-13-10-22-16-7-3-5-14(17-9-20-11-23-17)18(16)19(13)21-15/h1-9,11H,10H2. The second kappa shape index (κ2) is 4.68. The summed E-state index contributed by atoms with van der Waals surface area (Å²) in [7, 11) is 0. The van der Waals surface area contributed by atoms with Crippen LogP contribution < -0.4 is 4.74 Å². The van der Waals surface area contributed by atoms with E-state index in [0.717, 1.165) is 39.0 Å². The molecule has 1 aliphatic heterocycles. The van der Waals surface area contributed by atoms with Crippen LogP contribution in [-0.2, 0) is 6.61 Å². The highest BCUT2D eigenvalue weighted by Gasteiger charge is 2.24. The van der Waals surface area contributed by atoms with Crippen molar-refractivity contribution >= 4 is 10.9 Å². The highest BCUT2D eigenvalue weighted by atomic mass is 16.5. The predicted molar refractivity (Wildman–Crippen MR) is 87.0 cm³/mol. The van der Waals surface area contributed by atoms with E-state index in [-0.39, 0.29) is 0 Å². The van der Waals surface area contributed by atoms with Crippen molar-refractivity contribution < 1.29 is 9.15 Å². The molecule has 5 rings (SSSR count). The molecule has 0 saturated heterocycles. The Kier molecular flexibility index (Phi) is 2.52. The average Bonchev–Trinajstić information content (AvgIpc) is 3.14. The highest BCUT2D eigenvalue weighted by molar-refractivity contribution is 5.90. The third-order valence-corrected chi connectivity index (χ3v) is 4.15. The van der Waals surface area contributed by atoms with Crippen molar-refractivity contribution in [3.05, 3.63) is 66.7 Å². The lowest BCUT2D eigenvalue weighted by Gasteiger charge is -2.22. The summed E-state index contributed by atoms with van der Waals surface area (Å²) in [6.45, 7) is 0.528. The van der Waals surface area contributed by atoms with Gasteiger partial charge in [0.05, 0.1) is 23.0 Å². The van der Waals surface area contributed by atoms with Crippen LogP contribution in [0, 0.1) is 0 Å². The molecule has 4 heteroatoms.